The Labute approximate surface area is 81.5 Å². The molecule has 0 heterocycles. The van der Waals surface area contributed by atoms with Crippen LogP contribution in [0.5, 0.6) is 0 Å². The van der Waals surface area contributed by atoms with E-state index in [1.165, 1.54) is 0 Å². The van der Waals surface area contributed by atoms with Gasteiger partial charge in [0, 0.05) is 19.5 Å². The fourth-order valence-electron chi connectivity index (χ4n) is 0.987. The molecule has 1 amide bonds. The van der Waals surface area contributed by atoms with Crippen LogP contribution in [0.1, 0.15) is 27.2 Å². The minimum absolute atomic E-state index is 0.166. The number of carbonyl (C=O) groups is 1. The summed E-state index contributed by atoms with van der Waals surface area (Å²) in [6.45, 7) is 8.93. The van der Waals surface area contributed by atoms with Gasteiger partial charge in [0.05, 0.1) is 0 Å². The third kappa shape index (κ3) is 7.78. The van der Waals surface area contributed by atoms with Gasteiger partial charge < -0.3 is 10.2 Å². The molecule has 0 radical (unpaired) electrons. The monoisotopic (exact) mass is 186 g/mol. The molecule has 3 heteroatoms. The van der Waals surface area contributed by atoms with Crippen molar-refractivity contribution < 1.29 is 4.79 Å². The minimum atomic E-state index is 0.166. The summed E-state index contributed by atoms with van der Waals surface area (Å²) in [5, 5.41) is 2.90. The summed E-state index contributed by atoms with van der Waals surface area (Å²) in [4.78, 5) is 13.4. The number of nitrogens with one attached hydrogen (secondary N) is 1. The molecular formula is C10H22N2O. The lowest BCUT2D eigenvalue weighted by atomic mass is 10.1. The van der Waals surface area contributed by atoms with Crippen molar-refractivity contribution in [2.24, 2.45) is 5.92 Å². The fraction of sp³-hybridized carbons (Fsp3) is 0.900. The van der Waals surface area contributed by atoms with Crippen molar-refractivity contribution in [1.82, 2.24) is 10.2 Å². The van der Waals surface area contributed by atoms with E-state index in [0.717, 1.165) is 19.6 Å². The van der Waals surface area contributed by atoms with Gasteiger partial charge in [-0.1, -0.05) is 20.8 Å². The third-order valence-electron chi connectivity index (χ3n) is 1.95. The van der Waals surface area contributed by atoms with Gasteiger partial charge in [-0.3, -0.25) is 4.79 Å². The van der Waals surface area contributed by atoms with Gasteiger partial charge in [0.2, 0.25) is 5.91 Å². The van der Waals surface area contributed by atoms with Crippen molar-refractivity contribution in [3.63, 3.8) is 0 Å². The molecule has 0 fully saturated rings. The first-order valence-corrected chi connectivity index (χ1v) is 5.01. The maximum atomic E-state index is 11.2. The molecule has 0 rings (SSSR count). The van der Waals surface area contributed by atoms with Crippen LogP contribution < -0.4 is 5.32 Å². The molecule has 0 saturated carbocycles. The second kappa shape index (κ2) is 6.89. The first-order chi connectivity index (χ1) is 6.06. The summed E-state index contributed by atoms with van der Waals surface area (Å²) in [6.07, 6.45) is 0.635. The van der Waals surface area contributed by atoms with Crippen LogP contribution in [0.3, 0.4) is 0 Å². The molecule has 1 N–H and O–H groups in total. The zero-order valence-corrected chi connectivity index (χ0v) is 9.26. The summed E-state index contributed by atoms with van der Waals surface area (Å²) in [5.41, 5.74) is 0. The Morgan fingerprint density at radius 3 is 2.54 bits per heavy atom. The lowest BCUT2D eigenvalue weighted by Crippen LogP contribution is -2.33. The van der Waals surface area contributed by atoms with Crippen LogP contribution in [0.2, 0.25) is 0 Å². The molecule has 13 heavy (non-hydrogen) atoms. The SMILES string of the molecule is CCN(C)CCNC(=O)CC(C)C. The molecule has 0 spiro atoms. The Kier molecular flexibility index (Phi) is 6.59. The lowest BCUT2D eigenvalue weighted by Gasteiger charge is -2.14. The molecule has 0 aromatic heterocycles. The molecule has 0 unspecified atom stereocenters. The number of likely N-dealkylation sites (N-methyl/N-ethyl adjacent to an activating group) is 1. The van der Waals surface area contributed by atoms with Crippen molar-refractivity contribution in [3.05, 3.63) is 0 Å². The second-order valence-corrected chi connectivity index (χ2v) is 3.84. The van der Waals surface area contributed by atoms with E-state index in [1.54, 1.807) is 0 Å². The van der Waals surface area contributed by atoms with Crippen molar-refractivity contribution in [1.29, 1.82) is 0 Å². The number of carbonyl (C=O) groups excluding carboxylic acids is 1. The van der Waals surface area contributed by atoms with Gasteiger partial charge in [-0.05, 0) is 19.5 Å². The molecule has 0 saturated heterocycles. The summed E-state index contributed by atoms with van der Waals surface area (Å²) in [6, 6.07) is 0. The second-order valence-electron chi connectivity index (χ2n) is 3.84. The number of rotatable bonds is 6. The summed E-state index contributed by atoms with van der Waals surface area (Å²) < 4.78 is 0. The Morgan fingerprint density at radius 1 is 1.46 bits per heavy atom. The largest absolute Gasteiger partial charge is 0.355 e. The summed E-state index contributed by atoms with van der Waals surface area (Å²) >= 11 is 0. The van der Waals surface area contributed by atoms with Crippen molar-refractivity contribution in [2.45, 2.75) is 27.2 Å². The van der Waals surface area contributed by atoms with Crippen LogP contribution in [0.4, 0.5) is 0 Å². The van der Waals surface area contributed by atoms with Gasteiger partial charge in [-0.25, -0.2) is 0 Å². The van der Waals surface area contributed by atoms with E-state index in [2.05, 4.69) is 38.0 Å². The highest BCUT2D eigenvalue weighted by Gasteiger charge is 2.03. The Balaban J connectivity index is 3.37. The first kappa shape index (κ1) is 12.4. The van der Waals surface area contributed by atoms with Crippen molar-refractivity contribution in [2.75, 3.05) is 26.7 Å². The van der Waals surface area contributed by atoms with E-state index in [4.69, 9.17) is 0 Å². The average molecular weight is 186 g/mol. The van der Waals surface area contributed by atoms with Crippen LogP contribution in [-0.2, 0) is 4.79 Å². The average Bonchev–Trinajstić information content (AvgIpc) is 2.02. The molecule has 0 bridgehead atoms. The molecule has 3 nitrogen and oxygen atoms in total. The Morgan fingerprint density at radius 2 is 2.08 bits per heavy atom. The molecular weight excluding hydrogens is 164 g/mol. The number of amides is 1. The van der Waals surface area contributed by atoms with Crippen LogP contribution in [0.15, 0.2) is 0 Å². The Hall–Kier alpha value is -0.570. The normalized spacial score (nSPS) is 10.9. The standard InChI is InChI=1S/C10H22N2O/c1-5-12(4)7-6-11-10(13)8-9(2)3/h9H,5-8H2,1-4H3,(H,11,13). The zero-order valence-electron chi connectivity index (χ0n) is 9.26. The predicted molar refractivity (Wildman–Crippen MR) is 55.6 cm³/mol. The number of hydrogen-bond donors (Lipinski definition) is 1. The highest BCUT2D eigenvalue weighted by Crippen LogP contribution is 1.97. The van der Waals surface area contributed by atoms with Crippen molar-refractivity contribution in [3.8, 4) is 0 Å². The maximum absolute atomic E-state index is 11.2. The lowest BCUT2D eigenvalue weighted by molar-refractivity contribution is -0.121. The first-order valence-electron chi connectivity index (χ1n) is 5.01. The van der Waals surface area contributed by atoms with Gasteiger partial charge in [-0.15, -0.1) is 0 Å². The van der Waals surface area contributed by atoms with Crippen LogP contribution in [0.25, 0.3) is 0 Å². The van der Waals surface area contributed by atoms with Gasteiger partial charge in [0.1, 0.15) is 0 Å². The third-order valence-corrected chi connectivity index (χ3v) is 1.95. The van der Waals surface area contributed by atoms with Gasteiger partial charge in [-0.2, -0.15) is 0 Å². The fourth-order valence-corrected chi connectivity index (χ4v) is 0.987. The highest BCUT2D eigenvalue weighted by molar-refractivity contribution is 5.75. The van der Waals surface area contributed by atoms with E-state index in [0.29, 0.717) is 12.3 Å². The molecule has 0 aliphatic carbocycles. The summed E-state index contributed by atoms with van der Waals surface area (Å²) in [5.74, 6) is 0.614. The Bertz CT molecular complexity index is 146. The van der Waals surface area contributed by atoms with E-state index in [-0.39, 0.29) is 5.91 Å². The van der Waals surface area contributed by atoms with Crippen LogP contribution >= 0.6 is 0 Å². The van der Waals surface area contributed by atoms with Crippen LogP contribution in [-0.4, -0.2) is 37.5 Å². The molecule has 0 aromatic carbocycles. The van der Waals surface area contributed by atoms with E-state index < -0.39 is 0 Å². The van der Waals surface area contributed by atoms with E-state index in [9.17, 15) is 4.79 Å². The van der Waals surface area contributed by atoms with Gasteiger partial charge in [0.25, 0.3) is 0 Å². The van der Waals surface area contributed by atoms with Gasteiger partial charge >= 0.3 is 0 Å². The van der Waals surface area contributed by atoms with Crippen molar-refractivity contribution >= 4 is 5.91 Å². The van der Waals surface area contributed by atoms with E-state index >= 15 is 0 Å². The summed E-state index contributed by atoms with van der Waals surface area (Å²) in [7, 11) is 2.05. The van der Waals surface area contributed by atoms with Crippen LogP contribution in [0, 0.1) is 5.92 Å². The minimum Gasteiger partial charge on any atom is -0.355 e. The topological polar surface area (TPSA) is 32.3 Å². The predicted octanol–water partition coefficient (Wildman–Crippen LogP) is 1.10. The zero-order chi connectivity index (χ0) is 10.3. The highest BCUT2D eigenvalue weighted by atomic mass is 16.1. The molecule has 0 aliphatic rings. The maximum Gasteiger partial charge on any atom is 0.220 e. The van der Waals surface area contributed by atoms with E-state index in [1.807, 2.05) is 0 Å². The molecule has 0 aliphatic heterocycles. The smallest absolute Gasteiger partial charge is 0.220 e. The molecule has 0 aromatic rings. The van der Waals surface area contributed by atoms with Gasteiger partial charge in [0.15, 0.2) is 0 Å². The quantitative estimate of drug-likeness (QED) is 0.673. The molecule has 78 valence electrons. The molecule has 0 atom stereocenters. The number of nitrogens with zero attached hydrogens (tertiary/aromatic N) is 1. The number of hydrogen-bond acceptors (Lipinski definition) is 2.